The largest absolute Gasteiger partial charge is 0.390 e. The quantitative estimate of drug-likeness (QED) is 0.363. The second kappa shape index (κ2) is 3.73. The van der Waals surface area contributed by atoms with Crippen molar-refractivity contribution in [2.75, 3.05) is 6.61 Å². The lowest BCUT2D eigenvalue weighted by Gasteiger charge is -1.99. The Balaban J connectivity index is 2.92. The third-order valence-corrected chi connectivity index (χ3v) is 1.41. The predicted octanol–water partition coefficient (Wildman–Crippen LogP) is 0.342. The maximum absolute atomic E-state index is 8.77. The van der Waals surface area contributed by atoms with Gasteiger partial charge < -0.3 is 10.9 Å². The highest BCUT2D eigenvalue weighted by molar-refractivity contribution is 6.01. The molecule has 3 heteroatoms. The van der Waals surface area contributed by atoms with Gasteiger partial charge >= 0.3 is 0 Å². The zero-order valence-corrected chi connectivity index (χ0v) is 6.07. The topological polar surface area (TPSA) is 58.6 Å². The second-order valence-electron chi connectivity index (χ2n) is 2.10. The zero-order chi connectivity index (χ0) is 8.10. The number of aliphatic hydroxyl groups is 1. The fraction of sp³-hybridized carbons (Fsp3) is 0.125. The van der Waals surface area contributed by atoms with E-state index in [-0.39, 0.29) is 6.61 Å². The molecule has 3 N–H and O–H groups in total. The summed E-state index contributed by atoms with van der Waals surface area (Å²) in [5, 5.41) is 12.2. The van der Waals surface area contributed by atoms with Crippen molar-refractivity contribution in [3.63, 3.8) is 0 Å². The van der Waals surface area contributed by atoms with Gasteiger partial charge in [-0.15, -0.1) is 0 Å². The maximum atomic E-state index is 8.77. The molecule has 0 fully saturated rings. The Morgan fingerprint density at radius 2 is 2.00 bits per heavy atom. The van der Waals surface area contributed by atoms with Gasteiger partial charge in [-0.2, -0.15) is 5.10 Å². The van der Waals surface area contributed by atoms with E-state index in [1.54, 1.807) is 0 Å². The van der Waals surface area contributed by atoms with Gasteiger partial charge in [0, 0.05) is 5.56 Å². The van der Waals surface area contributed by atoms with Gasteiger partial charge in [0.05, 0.1) is 12.3 Å². The molecule has 0 amide bonds. The summed E-state index contributed by atoms with van der Waals surface area (Å²) in [5.41, 5.74) is 1.36. The van der Waals surface area contributed by atoms with Gasteiger partial charge in [-0.05, 0) is 0 Å². The van der Waals surface area contributed by atoms with Crippen LogP contribution in [-0.2, 0) is 0 Å². The van der Waals surface area contributed by atoms with Crippen LogP contribution in [0.1, 0.15) is 5.56 Å². The van der Waals surface area contributed by atoms with Crippen LogP contribution >= 0.6 is 0 Å². The highest BCUT2D eigenvalue weighted by atomic mass is 16.3. The van der Waals surface area contributed by atoms with Crippen LogP contribution in [0.4, 0.5) is 0 Å². The van der Waals surface area contributed by atoms with Gasteiger partial charge in [0.1, 0.15) is 0 Å². The van der Waals surface area contributed by atoms with E-state index in [1.165, 1.54) is 0 Å². The Labute approximate surface area is 65.2 Å². The van der Waals surface area contributed by atoms with Crippen molar-refractivity contribution in [3.8, 4) is 0 Å². The zero-order valence-electron chi connectivity index (χ0n) is 6.07. The van der Waals surface area contributed by atoms with Crippen molar-refractivity contribution < 1.29 is 5.11 Å². The number of hydrogen-bond acceptors (Lipinski definition) is 3. The van der Waals surface area contributed by atoms with Crippen LogP contribution in [0.15, 0.2) is 35.4 Å². The summed E-state index contributed by atoms with van der Waals surface area (Å²) < 4.78 is 0. The van der Waals surface area contributed by atoms with E-state index in [1.807, 2.05) is 30.3 Å². The molecule has 58 valence electrons. The number of nitrogens with zero attached hydrogens (tertiary/aromatic N) is 1. The summed E-state index contributed by atoms with van der Waals surface area (Å²) in [6, 6.07) is 9.34. The van der Waals surface area contributed by atoms with Gasteiger partial charge in [-0.3, -0.25) is 0 Å². The molecule has 0 heterocycles. The first-order valence-corrected chi connectivity index (χ1v) is 3.31. The summed E-state index contributed by atoms with van der Waals surface area (Å²) in [4.78, 5) is 0. The summed E-state index contributed by atoms with van der Waals surface area (Å²) in [6.45, 7) is -0.124. The molecule has 0 saturated heterocycles. The SMILES string of the molecule is NN=C(CO)c1ccccc1. The van der Waals surface area contributed by atoms with Crippen LogP contribution in [0, 0.1) is 0 Å². The van der Waals surface area contributed by atoms with Gasteiger partial charge in [-0.1, -0.05) is 30.3 Å². The van der Waals surface area contributed by atoms with Crippen LogP contribution in [-0.4, -0.2) is 17.4 Å². The normalized spacial score (nSPS) is 11.5. The molecule has 1 aromatic carbocycles. The lowest BCUT2D eigenvalue weighted by molar-refractivity contribution is 0.357. The van der Waals surface area contributed by atoms with E-state index in [0.29, 0.717) is 5.71 Å². The van der Waals surface area contributed by atoms with Crippen molar-refractivity contribution in [3.05, 3.63) is 35.9 Å². The summed E-state index contributed by atoms with van der Waals surface area (Å²) in [5.74, 6) is 5.04. The lowest BCUT2D eigenvalue weighted by Crippen LogP contribution is -2.08. The maximum Gasteiger partial charge on any atom is 0.0926 e. The molecule has 0 aliphatic heterocycles. The highest BCUT2D eigenvalue weighted by Gasteiger charge is 1.98. The van der Waals surface area contributed by atoms with Gasteiger partial charge in [0.15, 0.2) is 0 Å². The van der Waals surface area contributed by atoms with Crippen molar-refractivity contribution in [2.45, 2.75) is 0 Å². The minimum Gasteiger partial charge on any atom is -0.390 e. The number of nitrogens with two attached hydrogens (primary N) is 1. The Bertz CT molecular complexity index is 244. The average molecular weight is 150 g/mol. The van der Waals surface area contributed by atoms with E-state index in [2.05, 4.69) is 5.10 Å². The molecule has 1 aromatic rings. The smallest absolute Gasteiger partial charge is 0.0926 e. The third-order valence-electron chi connectivity index (χ3n) is 1.41. The van der Waals surface area contributed by atoms with Gasteiger partial charge in [-0.25, -0.2) is 0 Å². The third kappa shape index (κ3) is 1.78. The predicted molar refractivity (Wildman–Crippen MR) is 44.3 cm³/mol. The monoisotopic (exact) mass is 150 g/mol. The van der Waals surface area contributed by atoms with Gasteiger partial charge in [0.25, 0.3) is 0 Å². The fourth-order valence-electron chi connectivity index (χ4n) is 0.837. The molecule has 0 unspecified atom stereocenters. The molecule has 0 aliphatic carbocycles. The Morgan fingerprint density at radius 3 is 2.45 bits per heavy atom. The van der Waals surface area contributed by atoms with E-state index in [0.717, 1.165) is 5.56 Å². The average Bonchev–Trinajstić information content (AvgIpc) is 2.09. The minimum atomic E-state index is -0.124. The Kier molecular flexibility index (Phi) is 2.63. The van der Waals surface area contributed by atoms with Crippen LogP contribution < -0.4 is 5.84 Å². The van der Waals surface area contributed by atoms with Crippen LogP contribution in [0.25, 0.3) is 0 Å². The molecule has 0 atom stereocenters. The number of hydrazone groups is 1. The van der Waals surface area contributed by atoms with Crippen molar-refractivity contribution in [1.29, 1.82) is 0 Å². The van der Waals surface area contributed by atoms with Crippen molar-refractivity contribution in [2.24, 2.45) is 10.9 Å². The molecular formula is C8H10N2O. The lowest BCUT2D eigenvalue weighted by atomic mass is 10.1. The molecule has 0 aliphatic rings. The molecule has 0 aromatic heterocycles. The highest BCUT2D eigenvalue weighted by Crippen LogP contribution is 1.99. The first-order chi connectivity index (χ1) is 5.38. The molecule has 0 bridgehead atoms. The molecule has 0 spiro atoms. The standard InChI is InChI=1S/C8H10N2O/c9-10-8(6-11)7-4-2-1-3-5-7/h1-5,11H,6,9H2. The second-order valence-corrected chi connectivity index (χ2v) is 2.10. The number of rotatable bonds is 2. The summed E-state index contributed by atoms with van der Waals surface area (Å²) in [6.07, 6.45) is 0. The Morgan fingerprint density at radius 1 is 1.36 bits per heavy atom. The molecule has 0 radical (unpaired) electrons. The number of benzene rings is 1. The van der Waals surface area contributed by atoms with Crippen LogP contribution in [0.3, 0.4) is 0 Å². The van der Waals surface area contributed by atoms with Crippen molar-refractivity contribution >= 4 is 5.71 Å². The van der Waals surface area contributed by atoms with E-state index in [9.17, 15) is 0 Å². The Hall–Kier alpha value is -1.35. The molecule has 1 rings (SSSR count). The van der Waals surface area contributed by atoms with E-state index < -0.39 is 0 Å². The van der Waals surface area contributed by atoms with E-state index in [4.69, 9.17) is 10.9 Å². The molecule has 11 heavy (non-hydrogen) atoms. The minimum absolute atomic E-state index is 0.124. The summed E-state index contributed by atoms with van der Waals surface area (Å²) >= 11 is 0. The summed E-state index contributed by atoms with van der Waals surface area (Å²) in [7, 11) is 0. The number of hydrogen-bond donors (Lipinski definition) is 2. The molecule has 3 nitrogen and oxygen atoms in total. The number of aliphatic hydroxyl groups excluding tert-OH is 1. The fourth-order valence-corrected chi connectivity index (χ4v) is 0.837. The first kappa shape index (κ1) is 7.75. The van der Waals surface area contributed by atoms with Crippen LogP contribution in [0.2, 0.25) is 0 Å². The van der Waals surface area contributed by atoms with Crippen molar-refractivity contribution in [1.82, 2.24) is 0 Å². The van der Waals surface area contributed by atoms with E-state index >= 15 is 0 Å². The van der Waals surface area contributed by atoms with Crippen LogP contribution in [0.5, 0.6) is 0 Å². The van der Waals surface area contributed by atoms with Gasteiger partial charge in [0.2, 0.25) is 0 Å². The molecular weight excluding hydrogens is 140 g/mol. The first-order valence-electron chi connectivity index (χ1n) is 3.31. The molecule has 0 saturated carbocycles.